The van der Waals surface area contributed by atoms with E-state index in [1.807, 2.05) is 12.1 Å². The topological polar surface area (TPSA) is 118 Å². The van der Waals surface area contributed by atoms with Gasteiger partial charge in [-0.2, -0.15) is 4.57 Å². The van der Waals surface area contributed by atoms with E-state index < -0.39 is 28.0 Å². The van der Waals surface area contributed by atoms with E-state index in [-0.39, 0.29) is 17.0 Å². The van der Waals surface area contributed by atoms with Gasteiger partial charge in [0.05, 0.1) is 17.9 Å². The molecule has 0 saturated heterocycles. The minimum absolute atomic E-state index is 0.135. The summed E-state index contributed by atoms with van der Waals surface area (Å²) in [5.41, 5.74) is 1.33. The van der Waals surface area contributed by atoms with Crippen LogP contribution in [0.25, 0.3) is 0 Å². The zero-order valence-electron chi connectivity index (χ0n) is 16.7. The monoisotopic (exact) mass is 417 g/mol. The number of nitro groups is 1. The first-order valence-corrected chi connectivity index (χ1v) is 9.63. The summed E-state index contributed by atoms with van der Waals surface area (Å²) >= 11 is 0. The number of nitro benzene ring substituents is 1. The van der Waals surface area contributed by atoms with Crippen molar-refractivity contribution in [3.63, 3.8) is 0 Å². The molecular weight excluding hydrogens is 400 g/mol. The second-order valence-electron chi connectivity index (χ2n) is 7.72. The molecule has 9 heteroatoms. The zero-order valence-corrected chi connectivity index (χ0v) is 16.7. The molecule has 1 aromatic heterocycles. The molecule has 1 aliphatic heterocycles. The number of Topliss-reactive ketones (excluding diaryl/α,β-unsaturated/α-hetero) is 1. The van der Waals surface area contributed by atoms with Crippen LogP contribution in [-0.2, 0) is 14.1 Å². The fourth-order valence-electron chi connectivity index (χ4n) is 4.65. The van der Waals surface area contributed by atoms with Crippen LogP contribution in [0.5, 0.6) is 0 Å². The normalized spacial score (nSPS) is 18.8. The van der Waals surface area contributed by atoms with Crippen LogP contribution in [0.3, 0.4) is 0 Å². The first kappa shape index (κ1) is 18.9. The smallest absolute Gasteiger partial charge is 0.293 e. The Morgan fingerprint density at radius 1 is 0.935 bits per heavy atom. The lowest BCUT2D eigenvalue weighted by molar-refractivity contribution is -0.385. The van der Waals surface area contributed by atoms with Crippen LogP contribution < -0.4 is 16.2 Å². The molecule has 2 aliphatic rings. The molecule has 0 fully saturated rings. The highest BCUT2D eigenvalue weighted by Crippen LogP contribution is 2.42. The van der Waals surface area contributed by atoms with E-state index in [0.717, 1.165) is 4.57 Å². The summed E-state index contributed by atoms with van der Waals surface area (Å²) in [7, 11) is 2.92. The number of non-ortho nitro benzene ring substituents is 1. The highest BCUT2D eigenvalue weighted by atomic mass is 16.6. The maximum Gasteiger partial charge on any atom is 0.417 e. The number of carbonyl (C=O) groups is 1. The molecule has 0 spiro atoms. The molecule has 1 aliphatic carbocycles. The van der Waals surface area contributed by atoms with Gasteiger partial charge in [-0.15, -0.1) is 0 Å². The van der Waals surface area contributed by atoms with Gasteiger partial charge >= 0.3 is 5.69 Å². The minimum Gasteiger partial charge on any atom is -0.293 e. The first-order chi connectivity index (χ1) is 14.8. The third-order valence-corrected chi connectivity index (χ3v) is 6.11. The number of hydrogen-bond acceptors (Lipinski definition) is 5. The molecule has 9 nitrogen and oxygen atoms in total. The molecular formula is C22H17N4O5+. The van der Waals surface area contributed by atoms with Crippen molar-refractivity contribution < 1.29 is 14.7 Å². The molecule has 3 aromatic rings. The SMILES string of the molecule is Cn1c2c(c(=O)n(C)c1=O)C(c1cccc([N+](=O)[O-])c1)C1C(=O)c3ccccc3C1=[NH+]2. The predicted octanol–water partition coefficient (Wildman–Crippen LogP) is 0.152. The van der Waals surface area contributed by atoms with Crippen molar-refractivity contribution in [2.75, 3.05) is 0 Å². The van der Waals surface area contributed by atoms with Crippen molar-refractivity contribution in [1.82, 2.24) is 9.13 Å². The van der Waals surface area contributed by atoms with E-state index in [9.17, 15) is 24.5 Å². The van der Waals surface area contributed by atoms with Gasteiger partial charge in [0.15, 0.2) is 5.78 Å². The van der Waals surface area contributed by atoms with Crippen molar-refractivity contribution in [1.29, 1.82) is 0 Å². The molecule has 0 amide bonds. The van der Waals surface area contributed by atoms with E-state index in [0.29, 0.717) is 28.2 Å². The van der Waals surface area contributed by atoms with Gasteiger partial charge in [-0.1, -0.05) is 36.4 Å². The van der Waals surface area contributed by atoms with Crippen LogP contribution in [0.4, 0.5) is 11.5 Å². The number of nitrogens with one attached hydrogen (secondary N) is 1. The van der Waals surface area contributed by atoms with Gasteiger partial charge < -0.3 is 0 Å². The summed E-state index contributed by atoms with van der Waals surface area (Å²) in [6, 6.07) is 13.1. The van der Waals surface area contributed by atoms with E-state index in [4.69, 9.17) is 0 Å². The Morgan fingerprint density at radius 2 is 1.65 bits per heavy atom. The van der Waals surface area contributed by atoms with Gasteiger partial charge in [0.1, 0.15) is 11.3 Å². The molecule has 0 bridgehead atoms. The number of hydrogen-bond donors (Lipinski definition) is 1. The zero-order chi connectivity index (χ0) is 22.0. The van der Waals surface area contributed by atoms with Crippen molar-refractivity contribution in [2.24, 2.45) is 20.0 Å². The van der Waals surface area contributed by atoms with Gasteiger partial charge in [-0.25, -0.2) is 14.4 Å². The number of rotatable bonds is 2. The fourth-order valence-corrected chi connectivity index (χ4v) is 4.65. The van der Waals surface area contributed by atoms with Crippen LogP contribution in [-0.4, -0.2) is 25.6 Å². The summed E-state index contributed by atoms with van der Waals surface area (Å²) in [5, 5.41) is 11.4. The first-order valence-electron chi connectivity index (χ1n) is 9.63. The van der Waals surface area contributed by atoms with Crippen molar-refractivity contribution >= 4 is 23.0 Å². The third kappa shape index (κ3) is 2.49. The quantitative estimate of drug-likeness (QED) is 0.470. The standard InChI is InChI=1S/C22H16N4O5/c1-24-20-17(21(28)25(2)22(24)29)15(11-6-5-7-12(10-11)26(30)31)16-18(23-20)13-8-3-4-9-14(13)19(16)27/h3-10,15-16H,1-2H3/p+1. The molecule has 5 rings (SSSR count). The van der Waals surface area contributed by atoms with E-state index in [1.165, 1.54) is 29.8 Å². The second kappa shape index (κ2) is 6.43. The molecule has 2 aromatic carbocycles. The Morgan fingerprint density at radius 3 is 2.35 bits per heavy atom. The molecule has 2 atom stereocenters. The molecule has 154 valence electrons. The summed E-state index contributed by atoms with van der Waals surface area (Å²) in [4.78, 5) is 53.2. The van der Waals surface area contributed by atoms with Gasteiger partial charge in [0.25, 0.3) is 17.1 Å². The Bertz CT molecular complexity index is 1460. The van der Waals surface area contributed by atoms with Crippen LogP contribution >= 0.6 is 0 Å². The lowest BCUT2D eigenvalue weighted by atomic mass is 9.76. The Kier molecular flexibility index (Phi) is 3.91. The Balaban J connectivity index is 1.89. The summed E-state index contributed by atoms with van der Waals surface area (Å²) in [6.45, 7) is 0. The van der Waals surface area contributed by atoms with Crippen LogP contribution in [0.2, 0.25) is 0 Å². The summed E-state index contributed by atoms with van der Waals surface area (Å²) in [6.07, 6.45) is 0. The highest BCUT2D eigenvalue weighted by Gasteiger charge is 2.50. The predicted molar refractivity (Wildman–Crippen MR) is 111 cm³/mol. The number of fused-ring (bicyclic) bond motifs is 4. The number of ketones is 1. The average molecular weight is 417 g/mol. The van der Waals surface area contributed by atoms with Crippen LogP contribution in [0.1, 0.15) is 33.0 Å². The third-order valence-electron chi connectivity index (χ3n) is 6.11. The van der Waals surface area contributed by atoms with Gasteiger partial charge in [0, 0.05) is 36.2 Å². The summed E-state index contributed by atoms with van der Waals surface area (Å²) in [5.74, 6) is -1.41. The number of nitrogens with zero attached hydrogens (tertiary/aromatic N) is 3. The van der Waals surface area contributed by atoms with E-state index in [1.54, 1.807) is 25.2 Å². The molecule has 1 N–H and O–H groups in total. The van der Waals surface area contributed by atoms with Crippen molar-refractivity contribution in [2.45, 2.75) is 5.92 Å². The highest BCUT2D eigenvalue weighted by molar-refractivity contribution is 6.27. The van der Waals surface area contributed by atoms with E-state index in [2.05, 4.69) is 4.99 Å². The summed E-state index contributed by atoms with van der Waals surface area (Å²) < 4.78 is 2.32. The average Bonchev–Trinajstić information content (AvgIpc) is 3.07. The lowest BCUT2D eigenvalue weighted by Gasteiger charge is -2.26. The van der Waals surface area contributed by atoms with Crippen molar-refractivity contribution in [3.05, 3.63) is 102 Å². The van der Waals surface area contributed by atoms with Crippen LogP contribution in [0, 0.1) is 16.0 Å². The second-order valence-corrected chi connectivity index (χ2v) is 7.72. The van der Waals surface area contributed by atoms with Crippen molar-refractivity contribution in [3.8, 4) is 0 Å². The molecule has 0 radical (unpaired) electrons. The lowest BCUT2D eigenvalue weighted by Crippen LogP contribution is -2.74. The number of benzene rings is 2. The maximum absolute atomic E-state index is 13.4. The van der Waals surface area contributed by atoms with E-state index >= 15 is 0 Å². The fraction of sp³-hybridized carbons (Fsp3) is 0.182. The van der Waals surface area contributed by atoms with Gasteiger partial charge in [-0.05, 0) is 5.56 Å². The number of aromatic nitrogens is 2. The Hall–Kier alpha value is -4.14. The van der Waals surface area contributed by atoms with Gasteiger partial charge in [-0.3, -0.25) is 19.7 Å². The number of carbonyl (C=O) groups excluding carboxylic acids is 1. The van der Waals surface area contributed by atoms with Gasteiger partial charge in [0.2, 0.25) is 0 Å². The molecule has 2 heterocycles. The van der Waals surface area contributed by atoms with Crippen LogP contribution in [0.15, 0.2) is 58.1 Å². The molecule has 2 unspecified atom stereocenters. The Labute approximate surface area is 175 Å². The largest absolute Gasteiger partial charge is 0.417 e. The minimum atomic E-state index is -0.781. The molecule has 0 saturated carbocycles. The maximum atomic E-state index is 13.4. The molecule has 31 heavy (non-hydrogen) atoms.